The average Bonchev–Trinajstić information content (AvgIpc) is 2.94. The summed E-state index contributed by atoms with van der Waals surface area (Å²) in [7, 11) is 0. The summed E-state index contributed by atoms with van der Waals surface area (Å²) in [6.45, 7) is 5.66. The summed E-state index contributed by atoms with van der Waals surface area (Å²) in [5, 5.41) is 1.30. The van der Waals surface area contributed by atoms with Crippen LogP contribution in [0.4, 0.5) is 0 Å². The van der Waals surface area contributed by atoms with E-state index in [-0.39, 0.29) is 6.04 Å². The van der Waals surface area contributed by atoms with Crippen molar-refractivity contribution >= 4 is 10.9 Å². The highest BCUT2D eigenvalue weighted by Gasteiger charge is 2.28. The Kier molecular flexibility index (Phi) is 3.85. The van der Waals surface area contributed by atoms with Crippen LogP contribution < -0.4 is 0 Å². The number of hydrogen-bond acceptors (Lipinski definition) is 3. The van der Waals surface area contributed by atoms with Crippen LogP contribution in [0.1, 0.15) is 22.9 Å². The topological polar surface area (TPSA) is 41.2 Å². The van der Waals surface area contributed by atoms with Crippen molar-refractivity contribution in [2.24, 2.45) is 0 Å². The van der Waals surface area contributed by atoms with E-state index < -0.39 is 0 Å². The first kappa shape index (κ1) is 14.4. The Balaban J connectivity index is 1.88. The predicted molar refractivity (Wildman–Crippen MR) is 91.5 cm³/mol. The summed E-state index contributed by atoms with van der Waals surface area (Å²) in [6, 6.07) is 13.0. The summed E-state index contributed by atoms with van der Waals surface area (Å²) in [5.41, 5.74) is 5.09. The van der Waals surface area contributed by atoms with Gasteiger partial charge in [0.1, 0.15) is 0 Å². The van der Waals surface area contributed by atoms with Crippen molar-refractivity contribution in [3.8, 4) is 0 Å². The number of ether oxygens (including phenoxy) is 1. The number of nitrogens with zero attached hydrogens (tertiary/aromatic N) is 2. The number of hydrogen-bond donors (Lipinski definition) is 1. The number of fused-ring (bicyclic) bond motifs is 1. The summed E-state index contributed by atoms with van der Waals surface area (Å²) in [4.78, 5) is 10.2. The number of rotatable bonds is 3. The summed E-state index contributed by atoms with van der Waals surface area (Å²) in [5.74, 6) is 0. The Morgan fingerprint density at radius 1 is 1.09 bits per heavy atom. The zero-order valence-electron chi connectivity index (χ0n) is 13.3. The zero-order valence-corrected chi connectivity index (χ0v) is 13.3. The van der Waals surface area contributed by atoms with Crippen molar-refractivity contribution in [3.05, 3.63) is 65.6 Å². The van der Waals surface area contributed by atoms with E-state index in [0.29, 0.717) is 0 Å². The average molecular weight is 307 g/mol. The summed E-state index contributed by atoms with van der Waals surface area (Å²) >= 11 is 0. The van der Waals surface area contributed by atoms with Crippen LogP contribution in [0.2, 0.25) is 0 Å². The van der Waals surface area contributed by atoms with Crippen molar-refractivity contribution < 1.29 is 4.74 Å². The molecule has 1 N–H and O–H groups in total. The van der Waals surface area contributed by atoms with Crippen LogP contribution in [0.5, 0.6) is 0 Å². The molecule has 3 aromatic rings. The molecule has 0 unspecified atom stereocenters. The quantitative estimate of drug-likeness (QED) is 0.807. The minimum atomic E-state index is 0.234. The number of H-pyrrole nitrogens is 1. The second kappa shape index (κ2) is 6.14. The molecule has 2 aromatic heterocycles. The number of aromatic amines is 1. The van der Waals surface area contributed by atoms with E-state index in [0.717, 1.165) is 26.3 Å². The van der Waals surface area contributed by atoms with Crippen molar-refractivity contribution in [3.63, 3.8) is 0 Å². The third kappa shape index (κ3) is 2.64. The maximum Gasteiger partial charge on any atom is 0.0628 e. The molecular formula is C19H21N3O. The van der Waals surface area contributed by atoms with E-state index in [1.807, 2.05) is 12.4 Å². The number of aryl methyl sites for hydroxylation is 1. The monoisotopic (exact) mass is 307 g/mol. The number of pyridine rings is 1. The minimum Gasteiger partial charge on any atom is -0.379 e. The first-order chi connectivity index (χ1) is 11.3. The lowest BCUT2D eigenvalue weighted by atomic mass is 9.95. The predicted octanol–water partition coefficient (Wildman–Crippen LogP) is 3.29. The van der Waals surface area contributed by atoms with Gasteiger partial charge in [-0.1, -0.05) is 18.2 Å². The highest BCUT2D eigenvalue weighted by atomic mass is 16.5. The van der Waals surface area contributed by atoms with Crippen LogP contribution in [-0.4, -0.2) is 41.2 Å². The van der Waals surface area contributed by atoms with Crippen LogP contribution >= 0.6 is 0 Å². The third-order valence-electron chi connectivity index (χ3n) is 4.65. The van der Waals surface area contributed by atoms with Crippen molar-refractivity contribution in [2.75, 3.05) is 26.3 Å². The molecule has 1 fully saturated rings. The normalized spacial score (nSPS) is 17.4. The maximum atomic E-state index is 5.56. The highest BCUT2D eigenvalue weighted by Crippen LogP contribution is 2.36. The molecule has 1 aliphatic heterocycles. The van der Waals surface area contributed by atoms with Gasteiger partial charge in [-0.2, -0.15) is 0 Å². The number of morpholine rings is 1. The smallest absolute Gasteiger partial charge is 0.0628 e. The fourth-order valence-corrected chi connectivity index (χ4v) is 3.59. The molecule has 23 heavy (non-hydrogen) atoms. The fourth-order valence-electron chi connectivity index (χ4n) is 3.59. The van der Waals surface area contributed by atoms with E-state index in [4.69, 9.17) is 4.74 Å². The molecule has 0 bridgehead atoms. The molecule has 1 atom stereocenters. The van der Waals surface area contributed by atoms with Crippen LogP contribution in [0.25, 0.3) is 10.9 Å². The van der Waals surface area contributed by atoms with Crippen LogP contribution in [0.15, 0.2) is 48.8 Å². The Morgan fingerprint density at radius 2 is 1.83 bits per heavy atom. The van der Waals surface area contributed by atoms with Crippen molar-refractivity contribution in [1.82, 2.24) is 14.9 Å². The van der Waals surface area contributed by atoms with Gasteiger partial charge in [-0.25, -0.2) is 0 Å². The molecule has 0 radical (unpaired) electrons. The first-order valence-electron chi connectivity index (χ1n) is 8.13. The molecule has 1 saturated heterocycles. The van der Waals surface area contributed by atoms with E-state index in [2.05, 4.69) is 58.2 Å². The highest BCUT2D eigenvalue weighted by molar-refractivity contribution is 5.85. The van der Waals surface area contributed by atoms with E-state index >= 15 is 0 Å². The van der Waals surface area contributed by atoms with E-state index in [9.17, 15) is 0 Å². The fraction of sp³-hybridized carbons (Fsp3) is 0.316. The molecular weight excluding hydrogens is 286 g/mol. The standard InChI is InChI=1S/C19H21N3O/c1-14-18(16-4-2-3-5-17(16)21-14)19(15-6-8-20-9-7-15)22-10-12-23-13-11-22/h2-9,19,21H,10-13H2,1H3/t19-/m1/s1. The van der Waals surface area contributed by atoms with Gasteiger partial charge in [0, 0.05) is 47.6 Å². The van der Waals surface area contributed by atoms with Crippen molar-refractivity contribution in [1.29, 1.82) is 0 Å². The molecule has 0 saturated carbocycles. The molecule has 4 rings (SSSR count). The molecule has 4 nitrogen and oxygen atoms in total. The molecule has 0 spiro atoms. The molecule has 4 heteroatoms. The lowest BCUT2D eigenvalue weighted by Gasteiger charge is -2.35. The van der Waals surface area contributed by atoms with Gasteiger partial charge >= 0.3 is 0 Å². The molecule has 0 aliphatic carbocycles. The van der Waals surface area contributed by atoms with Gasteiger partial charge < -0.3 is 9.72 Å². The summed E-state index contributed by atoms with van der Waals surface area (Å²) < 4.78 is 5.56. The van der Waals surface area contributed by atoms with E-state index in [1.165, 1.54) is 27.7 Å². The van der Waals surface area contributed by atoms with Gasteiger partial charge in [-0.3, -0.25) is 9.88 Å². The Morgan fingerprint density at radius 3 is 2.61 bits per heavy atom. The first-order valence-corrected chi connectivity index (χ1v) is 8.13. The molecule has 1 aromatic carbocycles. The molecule has 3 heterocycles. The lowest BCUT2D eigenvalue weighted by molar-refractivity contribution is 0.0241. The van der Waals surface area contributed by atoms with Crippen LogP contribution in [0, 0.1) is 6.92 Å². The maximum absolute atomic E-state index is 5.56. The van der Waals surface area contributed by atoms with Crippen LogP contribution in [0.3, 0.4) is 0 Å². The number of benzene rings is 1. The minimum absolute atomic E-state index is 0.234. The van der Waals surface area contributed by atoms with Gasteiger partial charge in [-0.05, 0) is 30.7 Å². The lowest BCUT2D eigenvalue weighted by Crippen LogP contribution is -2.39. The second-order valence-corrected chi connectivity index (χ2v) is 6.04. The van der Waals surface area contributed by atoms with Gasteiger partial charge in [0.05, 0.1) is 19.3 Å². The molecule has 118 valence electrons. The largest absolute Gasteiger partial charge is 0.379 e. The number of para-hydroxylation sites is 1. The zero-order chi connectivity index (χ0) is 15.6. The van der Waals surface area contributed by atoms with Gasteiger partial charge in [-0.15, -0.1) is 0 Å². The van der Waals surface area contributed by atoms with Gasteiger partial charge in [0.2, 0.25) is 0 Å². The van der Waals surface area contributed by atoms with Crippen LogP contribution in [-0.2, 0) is 4.74 Å². The van der Waals surface area contributed by atoms with Gasteiger partial charge in [0.25, 0.3) is 0 Å². The third-order valence-corrected chi connectivity index (χ3v) is 4.65. The molecule has 1 aliphatic rings. The van der Waals surface area contributed by atoms with E-state index in [1.54, 1.807) is 0 Å². The number of nitrogens with one attached hydrogen (secondary N) is 1. The summed E-state index contributed by atoms with van der Waals surface area (Å²) in [6.07, 6.45) is 3.76. The second-order valence-electron chi connectivity index (χ2n) is 6.04. The molecule has 0 amide bonds. The Hall–Kier alpha value is -2.17. The van der Waals surface area contributed by atoms with Gasteiger partial charge in [0.15, 0.2) is 0 Å². The van der Waals surface area contributed by atoms with Crippen molar-refractivity contribution in [2.45, 2.75) is 13.0 Å². The Bertz CT molecular complexity index is 791. The Labute approximate surface area is 136 Å². The SMILES string of the molecule is Cc1[nH]c2ccccc2c1[C@@H](c1ccncc1)N1CCOCC1. The number of aromatic nitrogens is 2.